The maximum atomic E-state index is 13.9. The topological polar surface area (TPSA) is 57.8 Å². The fourth-order valence-electron chi connectivity index (χ4n) is 2.22. The van der Waals surface area contributed by atoms with E-state index in [1.165, 1.54) is 31.2 Å². The maximum absolute atomic E-state index is 13.9. The SMILES string of the molecule is CC(=O)Nc1cc2c(C=Cc3ccc(F)cc3)n[nH]c2cc1F. The number of carbonyl (C=O) groups is 1. The zero-order valence-corrected chi connectivity index (χ0v) is 12.2. The van der Waals surface area contributed by atoms with Crippen LogP contribution in [0.15, 0.2) is 36.4 Å². The van der Waals surface area contributed by atoms with Gasteiger partial charge in [0.25, 0.3) is 0 Å². The number of aromatic nitrogens is 2. The van der Waals surface area contributed by atoms with Crippen LogP contribution in [0.5, 0.6) is 0 Å². The third kappa shape index (κ3) is 3.26. The molecule has 2 N–H and O–H groups in total. The van der Waals surface area contributed by atoms with Gasteiger partial charge in [0.15, 0.2) is 0 Å². The van der Waals surface area contributed by atoms with Crippen molar-refractivity contribution in [2.24, 2.45) is 0 Å². The second-order valence-corrected chi connectivity index (χ2v) is 5.05. The van der Waals surface area contributed by atoms with Crippen LogP contribution < -0.4 is 5.32 Å². The third-order valence-electron chi connectivity index (χ3n) is 3.29. The van der Waals surface area contributed by atoms with E-state index in [1.54, 1.807) is 24.3 Å². The molecule has 4 nitrogen and oxygen atoms in total. The fraction of sp³-hybridized carbons (Fsp3) is 0.0588. The lowest BCUT2D eigenvalue weighted by molar-refractivity contribution is -0.114. The molecule has 116 valence electrons. The van der Waals surface area contributed by atoms with E-state index in [4.69, 9.17) is 0 Å². The fourth-order valence-corrected chi connectivity index (χ4v) is 2.22. The van der Waals surface area contributed by atoms with Crippen molar-refractivity contribution in [2.45, 2.75) is 6.92 Å². The predicted octanol–water partition coefficient (Wildman–Crippen LogP) is 3.97. The van der Waals surface area contributed by atoms with Gasteiger partial charge in [0.2, 0.25) is 5.91 Å². The summed E-state index contributed by atoms with van der Waals surface area (Å²) in [7, 11) is 0. The lowest BCUT2D eigenvalue weighted by Gasteiger charge is -2.03. The van der Waals surface area contributed by atoms with Crippen molar-refractivity contribution in [3.8, 4) is 0 Å². The predicted molar refractivity (Wildman–Crippen MR) is 85.7 cm³/mol. The van der Waals surface area contributed by atoms with Gasteiger partial charge in [-0.2, -0.15) is 5.10 Å². The largest absolute Gasteiger partial charge is 0.324 e. The van der Waals surface area contributed by atoms with Crippen LogP contribution in [0.25, 0.3) is 23.1 Å². The zero-order valence-electron chi connectivity index (χ0n) is 12.2. The quantitative estimate of drug-likeness (QED) is 0.768. The number of hydrogen-bond acceptors (Lipinski definition) is 2. The molecule has 0 bridgehead atoms. The highest BCUT2D eigenvalue weighted by Gasteiger charge is 2.10. The smallest absolute Gasteiger partial charge is 0.221 e. The third-order valence-corrected chi connectivity index (χ3v) is 3.29. The lowest BCUT2D eigenvalue weighted by Crippen LogP contribution is -2.07. The van der Waals surface area contributed by atoms with E-state index in [-0.39, 0.29) is 17.4 Å². The highest BCUT2D eigenvalue weighted by atomic mass is 19.1. The number of nitrogens with zero attached hydrogens (tertiary/aromatic N) is 1. The number of nitrogens with one attached hydrogen (secondary N) is 2. The number of aromatic amines is 1. The summed E-state index contributed by atoms with van der Waals surface area (Å²) in [5.74, 6) is -1.19. The average molecular weight is 313 g/mol. The second-order valence-electron chi connectivity index (χ2n) is 5.05. The monoisotopic (exact) mass is 313 g/mol. The summed E-state index contributed by atoms with van der Waals surface area (Å²) >= 11 is 0. The van der Waals surface area contributed by atoms with E-state index in [0.717, 1.165) is 5.56 Å². The Balaban J connectivity index is 1.97. The van der Waals surface area contributed by atoms with Crippen molar-refractivity contribution < 1.29 is 13.6 Å². The molecule has 0 saturated heterocycles. The molecular weight excluding hydrogens is 300 g/mol. The van der Waals surface area contributed by atoms with Crippen molar-refractivity contribution in [3.63, 3.8) is 0 Å². The Morgan fingerprint density at radius 2 is 1.91 bits per heavy atom. The molecule has 1 amide bonds. The van der Waals surface area contributed by atoms with E-state index in [2.05, 4.69) is 15.5 Å². The molecule has 0 unspecified atom stereocenters. The molecule has 6 heteroatoms. The molecule has 0 aliphatic heterocycles. The molecule has 0 atom stereocenters. The second kappa shape index (κ2) is 6.00. The summed E-state index contributed by atoms with van der Waals surface area (Å²) in [6, 6.07) is 8.83. The standard InChI is InChI=1S/C17H13F2N3O/c1-10(23)20-17-8-13-15(21-22-16(13)9-14(17)19)7-4-11-2-5-12(18)6-3-11/h2-9H,1H3,(H,20,23)(H,21,22). The van der Waals surface area contributed by atoms with Gasteiger partial charge in [0.05, 0.1) is 16.9 Å². The molecule has 3 rings (SSSR count). The normalized spacial score (nSPS) is 11.3. The Bertz CT molecular complexity index is 898. The molecule has 0 aliphatic rings. The van der Waals surface area contributed by atoms with E-state index in [1.807, 2.05) is 0 Å². The van der Waals surface area contributed by atoms with Gasteiger partial charge in [-0.25, -0.2) is 8.78 Å². The highest BCUT2D eigenvalue weighted by molar-refractivity contribution is 5.95. The van der Waals surface area contributed by atoms with Crippen molar-refractivity contribution >= 4 is 34.6 Å². The number of rotatable bonds is 3. The molecule has 3 aromatic rings. The minimum absolute atomic E-state index is 0.0998. The molecule has 2 aromatic carbocycles. The van der Waals surface area contributed by atoms with Crippen molar-refractivity contribution in [3.05, 3.63) is 59.3 Å². The molecule has 0 fully saturated rings. The molecule has 0 aliphatic carbocycles. The Morgan fingerprint density at radius 1 is 1.17 bits per heavy atom. The van der Waals surface area contributed by atoms with Crippen molar-refractivity contribution in [1.29, 1.82) is 0 Å². The highest BCUT2D eigenvalue weighted by Crippen LogP contribution is 2.25. The number of benzene rings is 2. The molecule has 23 heavy (non-hydrogen) atoms. The lowest BCUT2D eigenvalue weighted by atomic mass is 10.1. The Labute approximate surface area is 130 Å². The van der Waals surface area contributed by atoms with E-state index in [0.29, 0.717) is 16.6 Å². The summed E-state index contributed by atoms with van der Waals surface area (Å²) in [6.45, 7) is 1.31. The van der Waals surface area contributed by atoms with Gasteiger partial charge in [-0.3, -0.25) is 9.89 Å². The number of halogens is 2. The van der Waals surface area contributed by atoms with Gasteiger partial charge < -0.3 is 5.32 Å². The van der Waals surface area contributed by atoms with Gasteiger partial charge in [-0.1, -0.05) is 18.2 Å². The first-order valence-electron chi connectivity index (χ1n) is 6.92. The van der Waals surface area contributed by atoms with Gasteiger partial charge in [0, 0.05) is 18.4 Å². The number of H-pyrrole nitrogens is 1. The van der Waals surface area contributed by atoms with Gasteiger partial charge in [-0.15, -0.1) is 0 Å². The van der Waals surface area contributed by atoms with E-state index in [9.17, 15) is 13.6 Å². The average Bonchev–Trinajstić information content (AvgIpc) is 2.88. The molecule has 0 radical (unpaired) electrons. The van der Waals surface area contributed by atoms with Gasteiger partial charge in [-0.05, 0) is 29.8 Å². The number of anilines is 1. The van der Waals surface area contributed by atoms with Crippen molar-refractivity contribution in [2.75, 3.05) is 5.32 Å². The van der Waals surface area contributed by atoms with Crippen LogP contribution in [0.1, 0.15) is 18.2 Å². The Kier molecular flexibility index (Phi) is 3.89. The first-order valence-corrected chi connectivity index (χ1v) is 6.92. The molecular formula is C17H13F2N3O. The van der Waals surface area contributed by atoms with Crippen LogP contribution in [0, 0.1) is 11.6 Å². The number of carbonyl (C=O) groups excluding carboxylic acids is 1. The summed E-state index contributed by atoms with van der Waals surface area (Å²) < 4.78 is 26.7. The minimum Gasteiger partial charge on any atom is -0.324 e. The number of hydrogen-bond donors (Lipinski definition) is 2. The van der Waals surface area contributed by atoms with Crippen LogP contribution in [0.4, 0.5) is 14.5 Å². The zero-order chi connectivity index (χ0) is 16.4. The number of amides is 1. The van der Waals surface area contributed by atoms with E-state index < -0.39 is 5.82 Å². The number of fused-ring (bicyclic) bond motifs is 1. The maximum Gasteiger partial charge on any atom is 0.221 e. The van der Waals surface area contributed by atoms with Crippen LogP contribution in [-0.2, 0) is 4.79 Å². The van der Waals surface area contributed by atoms with Crippen LogP contribution in [0.2, 0.25) is 0 Å². The van der Waals surface area contributed by atoms with E-state index >= 15 is 0 Å². The molecule has 0 spiro atoms. The summed E-state index contributed by atoms with van der Waals surface area (Å²) in [5.41, 5.74) is 2.03. The van der Waals surface area contributed by atoms with Crippen LogP contribution in [-0.4, -0.2) is 16.1 Å². The Morgan fingerprint density at radius 3 is 2.61 bits per heavy atom. The summed E-state index contributed by atoms with van der Waals surface area (Å²) in [6.07, 6.45) is 3.51. The molecule has 0 saturated carbocycles. The molecule has 1 heterocycles. The molecule has 1 aromatic heterocycles. The summed E-state index contributed by atoms with van der Waals surface area (Å²) in [5, 5.41) is 9.98. The van der Waals surface area contributed by atoms with Crippen LogP contribution in [0.3, 0.4) is 0 Å². The Hall–Kier alpha value is -3.02. The summed E-state index contributed by atoms with van der Waals surface area (Å²) in [4.78, 5) is 11.1. The minimum atomic E-state index is -0.537. The van der Waals surface area contributed by atoms with Crippen molar-refractivity contribution in [1.82, 2.24) is 10.2 Å². The first kappa shape index (κ1) is 14.9. The van der Waals surface area contributed by atoms with Gasteiger partial charge in [0.1, 0.15) is 11.6 Å². The first-order chi connectivity index (χ1) is 11.0. The van der Waals surface area contributed by atoms with Gasteiger partial charge >= 0.3 is 0 Å². The van der Waals surface area contributed by atoms with Crippen LogP contribution >= 0.6 is 0 Å².